The normalized spacial score (nSPS) is 13.5. The SMILES string of the molecule is Cc1nc2ccc(C(C)Cl)cc2s1. The number of halogens is 1. The largest absolute Gasteiger partial charge is 0.242 e. The van der Waals surface area contributed by atoms with E-state index < -0.39 is 0 Å². The van der Waals surface area contributed by atoms with Crippen LogP contribution in [-0.2, 0) is 0 Å². The molecule has 0 radical (unpaired) electrons. The molecule has 0 spiro atoms. The highest BCUT2D eigenvalue weighted by molar-refractivity contribution is 7.18. The standard InChI is InChI=1S/C10H10ClNS/c1-6(11)8-3-4-9-10(5-8)13-7(2)12-9/h3-6H,1-2H3. The molecule has 1 atom stereocenters. The van der Waals surface area contributed by atoms with Gasteiger partial charge in [0.2, 0.25) is 0 Å². The monoisotopic (exact) mass is 211 g/mol. The van der Waals surface area contributed by atoms with Crippen molar-refractivity contribution in [3.8, 4) is 0 Å². The number of hydrogen-bond acceptors (Lipinski definition) is 2. The van der Waals surface area contributed by atoms with Gasteiger partial charge in [0.05, 0.1) is 20.6 Å². The minimum absolute atomic E-state index is 0.0757. The molecule has 1 heterocycles. The zero-order valence-corrected chi connectivity index (χ0v) is 9.12. The highest BCUT2D eigenvalue weighted by atomic mass is 35.5. The fourth-order valence-corrected chi connectivity index (χ4v) is 2.32. The van der Waals surface area contributed by atoms with E-state index in [1.807, 2.05) is 26.0 Å². The lowest BCUT2D eigenvalue weighted by atomic mass is 10.1. The van der Waals surface area contributed by atoms with Crippen molar-refractivity contribution in [1.29, 1.82) is 0 Å². The summed E-state index contributed by atoms with van der Waals surface area (Å²) in [6.07, 6.45) is 0. The number of benzene rings is 1. The second-order valence-electron chi connectivity index (χ2n) is 3.08. The van der Waals surface area contributed by atoms with E-state index >= 15 is 0 Å². The number of alkyl halides is 1. The zero-order valence-electron chi connectivity index (χ0n) is 7.54. The van der Waals surface area contributed by atoms with Gasteiger partial charge in [-0.25, -0.2) is 4.98 Å². The smallest absolute Gasteiger partial charge is 0.0907 e. The second kappa shape index (κ2) is 3.28. The number of fused-ring (bicyclic) bond motifs is 1. The van der Waals surface area contributed by atoms with Gasteiger partial charge in [-0.1, -0.05) is 6.07 Å². The van der Waals surface area contributed by atoms with Gasteiger partial charge in [0, 0.05) is 0 Å². The van der Waals surface area contributed by atoms with E-state index in [1.54, 1.807) is 11.3 Å². The summed E-state index contributed by atoms with van der Waals surface area (Å²) >= 11 is 7.71. The number of hydrogen-bond donors (Lipinski definition) is 0. The molecular formula is C10H10ClNS. The quantitative estimate of drug-likeness (QED) is 0.652. The Labute approximate surface area is 86.4 Å². The maximum absolute atomic E-state index is 5.99. The molecule has 0 N–H and O–H groups in total. The lowest BCUT2D eigenvalue weighted by Gasteiger charge is -2.01. The Morgan fingerprint density at radius 1 is 1.46 bits per heavy atom. The minimum Gasteiger partial charge on any atom is -0.242 e. The van der Waals surface area contributed by atoms with Gasteiger partial charge >= 0.3 is 0 Å². The summed E-state index contributed by atoms with van der Waals surface area (Å²) in [5.74, 6) is 0. The van der Waals surface area contributed by atoms with Crippen LogP contribution in [0.2, 0.25) is 0 Å². The van der Waals surface area contributed by atoms with Crippen molar-refractivity contribution in [2.75, 3.05) is 0 Å². The Bertz CT molecular complexity index is 433. The van der Waals surface area contributed by atoms with Crippen LogP contribution in [0.5, 0.6) is 0 Å². The van der Waals surface area contributed by atoms with Crippen LogP contribution in [0, 0.1) is 6.92 Å². The van der Waals surface area contributed by atoms with Crippen LogP contribution in [0.1, 0.15) is 22.9 Å². The zero-order chi connectivity index (χ0) is 9.42. The maximum atomic E-state index is 5.99. The number of aromatic nitrogens is 1. The van der Waals surface area contributed by atoms with Gasteiger partial charge in [-0.05, 0) is 31.5 Å². The maximum Gasteiger partial charge on any atom is 0.0907 e. The molecule has 0 amide bonds. The van der Waals surface area contributed by atoms with Gasteiger partial charge in [0.25, 0.3) is 0 Å². The fourth-order valence-electron chi connectivity index (χ4n) is 1.30. The van der Waals surface area contributed by atoms with Crippen LogP contribution in [0.3, 0.4) is 0 Å². The molecule has 1 aromatic heterocycles. The lowest BCUT2D eigenvalue weighted by Crippen LogP contribution is -1.82. The Morgan fingerprint density at radius 3 is 2.92 bits per heavy atom. The van der Waals surface area contributed by atoms with Gasteiger partial charge in [0.1, 0.15) is 0 Å². The molecule has 0 saturated heterocycles. The summed E-state index contributed by atoms with van der Waals surface area (Å²) in [6, 6.07) is 6.20. The minimum atomic E-state index is 0.0757. The molecule has 0 aliphatic rings. The highest BCUT2D eigenvalue weighted by Crippen LogP contribution is 2.27. The van der Waals surface area contributed by atoms with Crippen molar-refractivity contribution in [2.45, 2.75) is 19.2 Å². The van der Waals surface area contributed by atoms with Crippen molar-refractivity contribution in [1.82, 2.24) is 4.98 Å². The molecule has 0 fully saturated rings. The molecule has 13 heavy (non-hydrogen) atoms. The predicted molar refractivity (Wildman–Crippen MR) is 58.6 cm³/mol. The van der Waals surface area contributed by atoms with Crippen molar-refractivity contribution < 1.29 is 0 Å². The molecular weight excluding hydrogens is 202 g/mol. The molecule has 0 aliphatic carbocycles. The third-order valence-electron chi connectivity index (χ3n) is 1.98. The van der Waals surface area contributed by atoms with Crippen molar-refractivity contribution in [3.63, 3.8) is 0 Å². The first-order valence-electron chi connectivity index (χ1n) is 4.18. The topological polar surface area (TPSA) is 12.9 Å². The van der Waals surface area contributed by atoms with Gasteiger partial charge < -0.3 is 0 Å². The Morgan fingerprint density at radius 2 is 2.23 bits per heavy atom. The van der Waals surface area contributed by atoms with Crippen LogP contribution in [-0.4, -0.2) is 4.98 Å². The van der Waals surface area contributed by atoms with Crippen molar-refractivity contribution in [3.05, 3.63) is 28.8 Å². The first kappa shape index (κ1) is 8.97. The van der Waals surface area contributed by atoms with Gasteiger partial charge in [-0.2, -0.15) is 0 Å². The molecule has 0 bridgehead atoms. The van der Waals surface area contributed by atoms with E-state index in [4.69, 9.17) is 11.6 Å². The van der Waals surface area contributed by atoms with Gasteiger partial charge in [-0.3, -0.25) is 0 Å². The van der Waals surface area contributed by atoms with Crippen molar-refractivity contribution >= 4 is 33.2 Å². The molecule has 3 heteroatoms. The summed E-state index contributed by atoms with van der Waals surface area (Å²) in [4.78, 5) is 4.39. The molecule has 2 rings (SSSR count). The average Bonchev–Trinajstić information content (AvgIpc) is 2.42. The summed E-state index contributed by atoms with van der Waals surface area (Å²) < 4.78 is 1.22. The molecule has 0 aliphatic heterocycles. The van der Waals surface area contributed by atoms with Crippen LogP contribution >= 0.6 is 22.9 Å². The van der Waals surface area contributed by atoms with Gasteiger partial charge in [-0.15, -0.1) is 22.9 Å². The first-order chi connectivity index (χ1) is 6.16. The van der Waals surface area contributed by atoms with Crippen LogP contribution in [0.4, 0.5) is 0 Å². The summed E-state index contributed by atoms with van der Waals surface area (Å²) in [5, 5.41) is 1.18. The number of nitrogens with zero attached hydrogens (tertiary/aromatic N) is 1. The van der Waals surface area contributed by atoms with Crippen LogP contribution in [0.25, 0.3) is 10.2 Å². The Kier molecular flexibility index (Phi) is 2.26. The van der Waals surface area contributed by atoms with E-state index in [9.17, 15) is 0 Å². The molecule has 1 unspecified atom stereocenters. The summed E-state index contributed by atoms with van der Waals surface area (Å²) in [7, 11) is 0. The van der Waals surface area contributed by atoms with Crippen molar-refractivity contribution in [2.24, 2.45) is 0 Å². The summed E-state index contributed by atoms with van der Waals surface area (Å²) in [5.41, 5.74) is 2.24. The van der Waals surface area contributed by atoms with Crippen LogP contribution in [0.15, 0.2) is 18.2 Å². The second-order valence-corrected chi connectivity index (χ2v) is 4.97. The van der Waals surface area contributed by atoms with Gasteiger partial charge in [0.15, 0.2) is 0 Å². The predicted octanol–water partition coefficient (Wildman–Crippen LogP) is 3.90. The third-order valence-corrected chi connectivity index (χ3v) is 3.16. The van der Waals surface area contributed by atoms with E-state index in [0.717, 1.165) is 16.1 Å². The molecule has 68 valence electrons. The number of thiazole rings is 1. The fraction of sp³-hybridized carbons (Fsp3) is 0.300. The molecule has 1 nitrogen and oxygen atoms in total. The molecule has 0 saturated carbocycles. The van der Waals surface area contributed by atoms with E-state index in [-0.39, 0.29) is 5.38 Å². The number of rotatable bonds is 1. The Hall–Kier alpha value is -0.600. The Balaban J connectivity index is 2.61. The van der Waals surface area contributed by atoms with E-state index in [1.165, 1.54) is 4.70 Å². The number of aryl methyl sites for hydroxylation is 1. The van der Waals surface area contributed by atoms with Crippen LogP contribution < -0.4 is 0 Å². The highest BCUT2D eigenvalue weighted by Gasteiger charge is 2.04. The molecule has 2 aromatic rings. The summed E-state index contributed by atoms with van der Waals surface area (Å²) in [6.45, 7) is 4.01. The average molecular weight is 212 g/mol. The molecule has 1 aromatic carbocycles. The van der Waals surface area contributed by atoms with E-state index in [2.05, 4.69) is 11.1 Å². The first-order valence-corrected chi connectivity index (χ1v) is 5.43. The lowest BCUT2D eigenvalue weighted by molar-refractivity contribution is 1.09. The third kappa shape index (κ3) is 1.69. The van der Waals surface area contributed by atoms with E-state index in [0.29, 0.717) is 0 Å².